The summed E-state index contributed by atoms with van der Waals surface area (Å²) in [5.74, 6) is -3.11. The average molecular weight is 451 g/mol. The van der Waals surface area contributed by atoms with Gasteiger partial charge in [0, 0.05) is 5.69 Å². The Kier molecular flexibility index (Phi) is 7.86. The molecule has 0 unspecified atom stereocenters. The maximum Gasteiger partial charge on any atom is 0.326 e. The van der Waals surface area contributed by atoms with Gasteiger partial charge in [0.2, 0.25) is 0 Å². The van der Waals surface area contributed by atoms with Crippen LogP contribution in [0, 0.1) is 17.6 Å². The third-order valence-corrected chi connectivity index (χ3v) is 4.64. The smallest absolute Gasteiger partial charge is 0.326 e. The van der Waals surface area contributed by atoms with Gasteiger partial charge in [-0.25, -0.2) is 13.6 Å². The Morgan fingerprint density at radius 3 is 2.15 bits per heavy atom. The molecule has 33 heavy (non-hydrogen) atoms. The molecule has 0 aliphatic carbocycles. The zero-order valence-corrected chi connectivity index (χ0v) is 18.1. The number of carbonyl (C=O) groups excluding carboxylic acids is 2. The van der Waals surface area contributed by atoms with Gasteiger partial charge >= 0.3 is 6.03 Å². The Hall–Kier alpha value is -4.07. The van der Waals surface area contributed by atoms with E-state index < -0.39 is 29.1 Å². The zero-order valence-electron chi connectivity index (χ0n) is 18.1. The Morgan fingerprint density at radius 1 is 0.909 bits per heavy atom. The number of benzene rings is 3. The normalized spacial score (nSPS) is 11.2. The van der Waals surface area contributed by atoms with Crippen LogP contribution in [-0.4, -0.2) is 17.6 Å². The molecular formula is C25H23F2N3O3. The first-order valence-electron chi connectivity index (χ1n) is 10.3. The van der Waals surface area contributed by atoms with Crippen LogP contribution in [-0.2, 0) is 11.4 Å². The van der Waals surface area contributed by atoms with Crippen LogP contribution in [0.25, 0.3) is 0 Å². The van der Waals surface area contributed by atoms with Crippen LogP contribution < -0.4 is 10.6 Å². The van der Waals surface area contributed by atoms with Crippen molar-refractivity contribution >= 4 is 23.3 Å². The molecule has 0 heterocycles. The zero-order chi connectivity index (χ0) is 23.8. The standard InChI is InChI=1S/C25H23F2N3O3/c1-16(2)23(18-7-4-3-5-8-18)30-33-15-17-11-13-19(14-12-17)28-25(32)29-24(31)22-20(26)9-6-10-21(22)27/h3-14,16H,15H2,1-2H3,(H2,28,29,31,32). The Morgan fingerprint density at radius 2 is 1.55 bits per heavy atom. The second kappa shape index (κ2) is 11.0. The molecule has 0 saturated heterocycles. The van der Waals surface area contributed by atoms with Gasteiger partial charge < -0.3 is 10.2 Å². The summed E-state index contributed by atoms with van der Waals surface area (Å²) in [5.41, 5.74) is 2.19. The summed E-state index contributed by atoms with van der Waals surface area (Å²) >= 11 is 0. The van der Waals surface area contributed by atoms with Crippen molar-refractivity contribution in [2.75, 3.05) is 5.32 Å². The van der Waals surface area contributed by atoms with Crippen molar-refractivity contribution in [1.82, 2.24) is 5.32 Å². The summed E-state index contributed by atoms with van der Waals surface area (Å²) in [6, 6.07) is 18.5. The number of hydrogen-bond acceptors (Lipinski definition) is 4. The lowest BCUT2D eigenvalue weighted by atomic mass is 10.0. The average Bonchev–Trinajstić information content (AvgIpc) is 2.78. The number of rotatable bonds is 7. The van der Waals surface area contributed by atoms with Gasteiger partial charge in [-0.1, -0.05) is 67.5 Å². The molecule has 0 spiro atoms. The fraction of sp³-hybridized carbons (Fsp3) is 0.160. The number of hydrogen-bond donors (Lipinski definition) is 2. The quantitative estimate of drug-likeness (QED) is 0.368. The third-order valence-electron chi connectivity index (χ3n) is 4.64. The number of nitrogens with one attached hydrogen (secondary N) is 2. The molecule has 3 aromatic carbocycles. The van der Waals surface area contributed by atoms with Crippen LogP contribution in [0.2, 0.25) is 0 Å². The second-order valence-electron chi connectivity index (χ2n) is 7.47. The first kappa shape index (κ1) is 23.6. The predicted molar refractivity (Wildman–Crippen MR) is 122 cm³/mol. The minimum atomic E-state index is -1.18. The van der Waals surface area contributed by atoms with Crippen LogP contribution in [0.5, 0.6) is 0 Å². The van der Waals surface area contributed by atoms with Crippen LogP contribution in [0.4, 0.5) is 19.3 Å². The van der Waals surface area contributed by atoms with Gasteiger partial charge in [-0.05, 0) is 41.3 Å². The largest absolute Gasteiger partial charge is 0.391 e. The van der Waals surface area contributed by atoms with Gasteiger partial charge in [0.1, 0.15) is 23.8 Å². The number of imide groups is 1. The van der Waals surface area contributed by atoms with E-state index in [1.54, 1.807) is 24.3 Å². The lowest BCUT2D eigenvalue weighted by molar-refractivity contribution is 0.0959. The monoisotopic (exact) mass is 451 g/mol. The molecule has 0 aliphatic heterocycles. The third kappa shape index (κ3) is 6.46. The van der Waals surface area contributed by atoms with Gasteiger partial charge in [-0.2, -0.15) is 0 Å². The molecule has 2 N–H and O–H groups in total. The Balaban J connectivity index is 1.55. The SMILES string of the molecule is CC(C)C(=NOCc1ccc(NC(=O)NC(=O)c2c(F)cccc2F)cc1)c1ccccc1. The van der Waals surface area contributed by atoms with Crippen LogP contribution in [0.3, 0.4) is 0 Å². The van der Waals surface area contributed by atoms with E-state index in [1.807, 2.05) is 49.5 Å². The van der Waals surface area contributed by atoms with Crippen molar-refractivity contribution in [3.05, 3.63) is 101 Å². The number of amides is 3. The van der Waals surface area contributed by atoms with Crippen molar-refractivity contribution in [3.8, 4) is 0 Å². The highest BCUT2D eigenvalue weighted by Crippen LogP contribution is 2.14. The molecule has 0 fully saturated rings. The molecule has 0 saturated carbocycles. The van der Waals surface area contributed by atoms with Crippen LogP contribution >= 0.6 is 0 Å². The van der Waals surface area contributed by atoms with Gasteiger partial charge in [-0.3, -0.25) is 10.1 Å². The lowest BCUT2D eigenvalue weighted by Crippen LogP contribution is -2.35. The number of urea groups is 1. The van der Waals surface area contributed by atoms with E-state index in [0.29, 0.717) is 5.69 Å². The fourth-order valence-corrected chi connectivity index (χ4v) is 3.00. The molecule has 0 radical (unpaired) electrons. The number of nitrogens with zero attached hydrogens (tertiary/aromatic N) is 1. The molecule has 3 amide bonds. The summed E-state index contributed by atoms with van der Waals surface area (Å²) in [6.07, 6.45) is 0. The first-order chi connectivity index (χ1) is 15.8. The highest BCUT2D eigenvalue weighted by molar-refractivity contribution is 6.08. The van der Waals surface area contributed by atoms with Crippen molar-refractivity contribution in [1.29, 1.82) is 0 Å². The highest BCUT2D eigenvalue weighted by Gasteiger charge is 2.19. The van der Waals surface area contributed by atoms with E-state index >= 15 is 0 Å². The molecule has 0 aliphatic rings. The Labute approximate surface area is 190 Å². The number of oxime groups is 1. The summed E-state index contributed by atoms with van der Waals surface area (Å²) in [6.45, 7) is 4.29. The fourth-order valence-electron chi connectivity index (χ4n) is 3.00. The molecule has 170 valence electrons. The molecule has 0 atom stereocenters. The molecule has 0 aromatic heterocycles. The van der Waals surface area contributed by atoms with E-state index in [0.717, 1.165) is 35.0 Å². The number of anilines is 1. The van der Waals surface area contributed by atoms with Gasteiger partial charge in [0.25, 0.3) is 5.91 Å². The van der Waals surface area contributed by atoms with Gasteiger partial charge in [-0.15, -0.1) is 0 Å². The number of halogens is 2. The molecule has 8 heteroatoms. The van der Waals surface area contributed by atoms with Crippen LogP contribution in [0.1, 0.15) is 35.3 Å². The first-order valence-corrected chi connectivity index (χ1v) is 10.3. The molecule has 3 aromatic rings. The summed E-state index contributed by atoms with van der Waals surface area (Å²) in [7, 11) is 0. The van der Waals surface area contributed by atoms with Gasteiger partial charge in [0.15, 0.2) is 0 Å². The predicted octanol–water partition coefficient (Wildman–Crippen LogP) is 5.50. The maximum absolute atomic E-state index is 13.7. The Bertz CT molecular complexity index is 1130. The topological polar surface area (TPSA) is 79.8 Å². The molecule has 3 rings (SSSR count). The van der Waals surface area contributed by atoms with E-state index in [9.17, 15) is 18.4 Å². The molecular weight excluding hydrogens is 428 g/mol. The van der Waals surface area contributed by atoms with Crippen molar-refractivity contribution in [2.45, 2.75) is 20.5 Å². The van der Waals surface area contributed by atoms with E-state index in [1.165, 1.54) is 0 Å². The second-order valence-corrected chi connectivity index (χ2v) is 7.47. The van der Waals surface area contributed by atoms with E-state index in [4.69, 9.17) is 4.84 Å². The van der Waals surface area contributed by atoms with E-state index in [2.05, 4.69) is 10.5 Å². The lowest BCUT2D eigenvalue weighted by Gasteiger charge is -2.11. The summed E-state index contributed by atoms with van der Waals surface area (Å²) < 4.78 is 27.3. The summed E-state index contributed by atoms with van der Waals surface area (Å²) in [4.78, 5) is 29.5. The minimum absolute atomic E-state index is 0.179. The molecule has 0 bridgehead atoms. The van der Waals surface area contributed by atoms with E-state index in [-0.39, 0.29) is 12.5 Å². The minimum Gasteiger partial charge on any atom is -0.391 e. The summed E-state index contributed by atoms with van der Waals surface area (Å²) in [5, 5.41) is 8.61. The van der Waals surface area contributed by atoms with Crippen LogP contribution in [0.15, 0.2) is 78.0 Å². The number of carbonyl (C=O) groups is 2. The molecule has 6 nitrogen and oxygen atoms in total. The van der Waals surface area contributed by atoms with Crippen molar-refractivity contribution < 1.29 is 23.2 Å². The maximum atomic E-state index is 13.7. The van der Waals surface area contributed by atoms with Gasteiger partial charge in [0.05, 0.1) is 5.71 Å². The highest BCUT2D eigenvalue weighted by atomic mass is 19.1. The van der Waals surface area contributed by atoms with Crippen molar-refractivity contribution in [2.24, 2.45) is 11.1 Å². The van der Waals surface area contributed by atoms with Crippen molar-refractivity contribution in [3.63, 3.8) is 0 Å².